The third kappa shape index (κ3) is 21.1. The average molecular weight is 495 g/mol. The molecule has 2 aliphatic rings. The summed E-state index contributed by atoms with van der Waals surface area (Å²) in [6.45, 7) is 0. The van der Waals surface area contributed by atoms with Crippen LogP contribution in [0.25, 0.3) is 0 Å². The first-order valence-electron chi connectivity index (χ1n) is 6.60. The molecule has 0 atom stereocenters. The monoisotopic (exact) mass is 494 g/mol. The molecule has 2 rings (SSSR count). The molecule has 0 saturated carbocycles. The minimum atomic E-state index is 0. The Morgan fingerprint density at radius 1 is 0.300 bits per heavy atom. The van der Waals surface area contributed by atoms with Crippen LogP contribution in [0.1, 0.15) is 51.4 Å². The fraction of sp³-hybridized carbons (Fsp3) is 0.500. The Hall–Kier alpha value is 0.787. The van der Waals surface area contributed by atoms with E-state index in [0.717, 1.165) is 0 Å². The molecule has 20 heavy (non-hydrogen) atoms. The van der Waals surface area contributed by atoms with Crippen LogP contribution in [-0.4, -0.2) is 0 Å². The molecule has 0 aromatic rings. The summed E-state index contributed by atoms with van der Waals surface area (Å²) >= 11 is 0. The van der Waals surface area contributed by atoms with Gasteiger partial charge < -0.3 is 0 Å². The topological polar surface area (TPSA) is 0 Å². The normalized spacial score (nSPS) is 22.4. The van der Waals surface area contributed by atoms with Crippen molar-refractivity contribution in [2.24, 2.45) is 0 Å². The molecule has 0 aromatic heterocycles. The second-order valence-corrected chi connectivity index (χ2v) is 4.20. The summed E-state index contributed by atoms with van der Waals surface area (Å²) in [5, 5.41) is 0. The van der Waals surface area contributed by atoms with Crippen LogP contribution in [-0.2, 0) is 39.0 Å². The van der Waals surface area contributed by atoms with Crippen LogP contribution in [0.15, 0.2) is 48.6 Å². The van der Waals surface area contributed by atoms with Crippen LogP contribution in [0.4, 0.5) is 0 Å². The molecule has 0 unspecified atom stereocenters. The van der Waals surface area contributed by atoms with Gasteiger partial charge in [-0.2, -0.15) is 0 Å². The second-order valence-electron chi connectivity index (χ2n) is 4.20. The minimum absolute atomic E-state index is 0. The Morgan fingerprint density at radius 3 is 0.500 bits per heavy atom. The molecule has 0 aliphatic heterocycles. The van der Waals surface area contributed by atoms with Gasteiger partial charge in [-0.3, -0.25) is 0 Å². The van der Waals surface area contributed by atoms with E-state index in [-0.39, 0.29) is 63.8 Å². The van der Waals surface area contributed by atoms with Crippen molar-refractivity contribution in [3.05, 3.63) is 48.6 Å². The summed E-state index contributed by atoms with van der Waals surface area (Å²) in [6.07, 6.45) is 28.0. The number of allylic oxidation sites excluding steroid dienone is 8. The maximum Gasteiger partial charge on any atom is 0 e. The summed E-state index contributed by atoms with van der Waals surface area (Å²) in [5.41, 5.74) is 0. The molecule has 4 heteroatoms. The van der Waals surface area contributed by atoms with Crippen LogP contribution in [0, 0.1) is 0 Å². The van der Waals surface area contributed by atoms with Crippen LogP contribution >= 0.6 is 24.8 Å². The Balaban J connectivity index is -0.000000107. The maximum atomic E-state index is 2.27. The number of halogens is 2. The van der Waals surface area contributed by atoms with Crippen molar-refractivity contribution < 1.29 is 39.0 Å². The van der Waals surface area contributed by atoms with Crippen LogP contribution in [0.3, 0.4) is 0 Å². The zero-order valence-electron chi connectivity index (χ0n) is 11.8. The summed E-state index contributed by atoms with van der Waals surface area (Å²) < 4.78 is 0. The van der Waals surface area contributed by atoms with Gasteiger partial charge in [-0.05, 0) is 51.4 Å². The zero-order valence-corrected chi connectivity index (χ0v) is 16.7. The van der Waals surface area contributed by atoms with E-state index in [2.05, 4.69) is 48.6 Å². The molecule has 0 bridgehead atoms. The molecule has 122 valence electrons. The van der Waals surface area contributed by atoms with Crippen molar-refractivity contribution >= 4 is 24.8 Å². The van der Waals surface area contributed by atoms with E-state index in [0.29, 0.717) is 0 Å². The molecular weight excluding hydrogens is 469 g/mol. The van der Waals surface area contributed by atoms with E-state index in [1.165, 1.54) is 51.4 Å². The van der Waals surface area contributed by atoms with Crippen LogP contribution < -0.4 is 0 Å². The molecule has 0 nitrogen and oxygen atoms in total. The Bertz CT molecular complexity index is 192. The van der Waals surface area contributed by atoms with Crippen molar-refractivity contribution in [1.82, 2.24) is 0 Å². The smallest absolute Gasteiger partial charge is 0 e. The predicted molar refractivity (Wildman–Crippen MR) is 88.0 cm³/mol. The fourth-order valence-electron chi connectivity index (χ4n) is 1.71. The van der Waals surface area contributed by atoms with Crippen molar-refractivity contribution in [2.75, 3.05) is 0 Å². The Morgan fingerprint density at radius 2 is 0.400 bits per heavy atom. The van der Waals surface area contributed by atoms with E-state index >= 15 is 0 Å². The van der Waals surface area contributed by atoms with Gasteiger partial charge in [0.05, 0.1) is 0 Å². The maximum absolute atomic E-state index is 2.27. The third-order valence-electron chi connectivity index (χ3n) is 2.67. The minimum Gasteiger partial charge on any atom is -0.147 e. The number of rotatable bonds is 0. The van der Waals surface area contributed by atoms with Crippen LogP contribution in [0.2, 0.25) is 0 Å². The first kappa shape index (κ1) is 28.9. The van der Waals surface area contributed by atoms with Gasteiger partial charge in [0.25, 0.3) is 0 Å². The van der Waals surface area contributed by atoms with E-state index in [9.17, 15) is 0 Å². The number of hydrogen-bond acceptors (Lipinski definition) is 0. The quantitative estimate of drug-likeness (QED) is 0.278. The average Bonchev–Trinajstić information content (AvgIpc) is 2.15. The third-order valence-corrected chi connectivity index (χ3v) is 2.67. The molecular formula is C16H26Cl2Rh2. The van der Waals surface area contributed by atoms with Gasteiger partial charge in [0.2, 0.25) is 0 Å². The molecule has 0 spiro atoms. The molecule has 0 saturated heterocycles. The van der Waals surface area contributed by atoms with Crippen LogP contribution in [0.5, 0.6) is 0 Å². The standard InChI is InChI=1S/2C8H12.2ClH.2Rh/c2*1-2-4-6-8-7-5-3-1;;;;/h2*1-2,7-8H,3-6H2;2*1H;;/b2*2-1-,8-7-;;;;. The zero-order chi connectivity index (χ0) is 11.3. The van der Waals surface area contributed by atoms with Gasteiger partial charge in [-0.25, -0.2) is 0 Å². The van der Waals surface area contributed by atoms with Gasteiger partial charge in [0.1, 0.15) is 0 Å². The van der Waals surface area contributed by atoms with E-state index in [1.54, 1.807) is 0 Å². The Kier molecular flexibility index (Phi) is 35.8. The van der Waals surface area contributed by atoms with Gasteiger partial charge in [-0.1, -0.05) is 48.6 Å². The molecule has 0 amide bonds. The fourth-order valence-corrected chi connectivity index (χ4v) is 1.71. The Labute approximate surface area is 163 Å². The van der Waals surface area contributed by atoms with Gasteiger partial charge in [0, 0.05) is 39.0 Å². The van der Waals surface area contributed by atoms with Gasteiger partial charge in [-0.15, -0.1) is 24.8 Å². The molecule has 2 aliphatic carbocycles. The molecule has 0 fully saturated rings. The van der Waals surface area contributed by atoms with Gasteiger partial charge >= 0.3 is 0 Å². The number of hydrogen-bond donors (Lipinski definition) is 0. The first-order valence-corrected chi connectivity index (χ1v) is 6.60. The van der Waals surface area contributed by atoms with Crippen molar-refractivity contribution in [3.8, 4) is 0 Å². The summed E-state index contributed by atoms with van der Waals surface area (Å²) in [6, 6.07) is 0. The molecule has 2 radical (unpaired) electrons. The van der Waals surface area contributed by atoms with E-state index in [1.807, 2.05) is 0 Å². The molecule has 0 N–H and O–H groups in total. The summed E-state index contributed by atoms with van der Waals surface area (Å²) in [4.78, 5) is 0. The van der Waals surface area contributed by atoms with Crippen molar-refractivity contribution in [3.63, 3.8) is 0 Å². The predicted octanol–water partition coefficient (Wildman–Crippen LogP) is 6.18. The first-order chi connectivity index (χ1) is 8.00. The van der Waals surface area contributed by atoms with Gasteiger partial charge in [0.15, 0.2) is 0 Å². The van der Waals surface area contributed by atoms with Crippen molar-refractivity contribution in [1.29, 1.82) is 0 Å². The summed E-state index contributed by atoms with van der Waals surface area (Å²) in [5.74, 6) is 0. The van der Waals surface area contributed by atoms with Crippen molar-refractivity contribution in [2.45, 2.75) is 51.4 Å². The molecule has 0 heterocycles. The van der Waals surface area contributed by atoms with E-state index < -0.39 is 0 Å². The van der Waals surface area contributed by atoms with E-state index in [4.69, 9.17) is 0 Å². The largest absolute Gasteiger partial charge is 0.147 e. The SMILES string of the molecule is C1=C\CC/C=C\CC/1.C1=C\CC/C=C\CC/1.Cl.Cl.[Rh].[Rh]. The summed E-state index contributed by atoms with van der Waals surface area (Å²) in [7, 11) is 0. The second kappa shape index (κ2) is 24.8. The molecule has 0 aromatic carbocycles.